The second-order valence-electron chi connectivity index (χ2n) is 0. The first-order valence-electron chi connectivity index (χ1n) is 0.204. The van der Waals surface area contributed by atoms with E-state index in [0.29, 0.717) is 24.7 Å². The molecule has 0 fully saturated rings. The minimum atomic E-state index is 0. The molecule has 0 aromatic heterocycles. The number of hydrogen-bond acceptors (Lipinski definition) is 1. The average molecular weight is 531 g/mol. The molecule has 5 heteroatoms. The van der Waals surface area contributed by atoms with Gasteiger partial charge in [0.15, 0.2) is 0 Å². The van der Waals surface area contributed by atoms with E-state index in [1.807, 2.05) is 0 Å². The molecular formula is H4OPdPtSnZr. The fourth-order valence-corrected chi connectivity index (χ4v) is 0. The van der Waals surface area contributed by atoms with E-state index in [1.165, 1.54) is 0 Å². The van der Waals surface area contributed by atoms with Crippen LogP contribution in [-0.4, -0.2) is 23.9 Å². The van der Waals surface area contributed by atoms with Crippen LogP contribution in [0, 0.1) is 0 Å². The third-order valence-corrected chi connectivity index (χ3v) is 0. The second-order valence-corrected chi connectivity index (χ2v) is 0. The van der Waals surface area contributed by atoms with Crippen molar-refractivity contribution in [1.29, 1.82) is 0 Å². The first kappa shape index (κ1) is 24.9. The van der Waals surface area contributed by atoms with Gasteiger partial charge < -0.3 is 0 Å². The third kappa shape index (κ3) is 19.9. The Morgan fingerprint density at radius 2 is 1.20 bits per heavy atom. The van der Waals surface area contributed by atoms with Crippen LogP contribution in [0.5, 0.6) is 0 Å². The SMILES string of the molecule is [O]=[Zr].[Pd].[Pt].[SnH4]. The van der Waals surface area contributed by atoms with Gasteiger partial charge in [0, 0.05) is 41.5 Å². The van der Waals surface area contributed by atoms with E-state index in [-0.39, 0.29) is 65.4 Å². The summed E-state index contributed by atoms with van der Waals surface area (Å²) in [6.07, 6.45) is 0. The zero-order valence-corrected chi connectivity index (χ0v) is 7.83. The molecule has 0 aliphatic heterocycles. The van der Waals surface area contributed by atoms with Gasteiger partial charge in [0.2, 0.25) is 0 Å². The van der Waals surface area contributed by atoms with E-state index < -0.39 is 0 Å². The van der Waals surface area contributed by atoms with E-state index in [1.54, 1.807) is 0 Å². The first-order valence-corrected chi connectivity index (χ1v) is 1.21. The van der Waals surface area contributed by atoms with Gasteiger partial charge in [0.25, 0.3) is 0 Å². The molecule has 0 aromatic rings. The molecule has 0 saturated carbocycles. The Labute approximate surface area is 91.2 Å². The van der Waals surface area contributed by atoms with E-state index in [0.717, 1.165) is 0 Å². The van der Waals surface area contributed by atoms with E-state index in [9.17, 15) is 0 Å². The quantitative estimate of drug-likeness (QED) is 0.346. The van der Waals surface area contributed by atoms with Gasteiger partial charge in [-0.05, 0) is 0 Å². The van der Waals surface area contributed by atoms with Crippen molar-refractivity contribution in [3.8, 4) is 0 Å². The van der Waals surface area contributed by atoms with Gasteiger partial charge in [-0.3, -0.25) is 0 Å². The molecule has 0 aromatic carbocycles. The standard InChI is InChI=1S/O.Pd.Pt.Sn.Zr.4H. The summed E-state index contributed by atoms with van der Waals surface area (Å²) >= 11 is 0.300. The summed E-state index contributed by atoms with van der Waals surface area (Å²) in [6.45, 7) is 0. The Balaban J connectivity index is -0.00000000167. The van der Waals surface area contributed by atoms with Crippen LogP contribution in [0.3, 0.4) is 0 Å². The molecule has 0 radical (unpaired) electrons. The molecule has 0 bridgehead atoms. The fourth-order valence-electron chi connectivity index (χ4n) is 0. The summed E-state index contributed by atoms with van der Waals surface area (Å²) in [5.74, 6) is 0. The van der Waals surface area contributed by atoms with Crippen molar-refractivity contribution in [3.05, 3.63) is 0 Å². The Kier molecular flexibility index (Phi) is 144. The van der Waals surface area contributed by atoms with Crippen molar-refractivity contribution in [1.82, 2.24) is 0 Å². The zero-order valence-electron chi connectivity index (χ0n) is 1.54. The molecule has 0 heterocycles. The molecule has 0 saturated heterocycles. The first-order chi connectivity index (χ1) is 1.00. The van der Waals surface area contributed by atoms with Gasteiger partial charge >= 0.3 is 51.4 Å². The molecule has 0 spiro atoms. The molecule has 5 heavy (non-hydrogen) atoms. The molecule has 0 rings (SSSR count). The summed E-state index contributed by atoms with van der Waals surface area (Å²) in [5, 5.41) is 0. The third-order valence-electron chi connectivity index (χ3n) is 0. The van der Waals surface area contributed by atoms with Gasteiger partial charge in [0.05, 0.1) is 0 Å². The predicted octanol–water partition coefficient (Wildman–Crippen LogP) is -1.58. The van der Waals surface area contributed by atoms with E-state index in [4.69, 9.17) is 2.81 Å². The average Bonchev–Trinajstić information content (AvgIpc) is 1.00. The molecule has 38 valence electrons. The van der Waals surface area contributed by atoms with Crippen molar-refractivity contribution in [2.24, 2.45) is 0 Å². The summed E-state index contributed by atoms with van der Waals surface area (Å²) < 4.78 is 8.34. The van der Waals surface area contributed by atoms with Crippen LogP contribution < -0.4 is 0 Å². The Hall–Kier alpha value is 2.83. The van der Waals surface area contributed by atoms with Crippen molar-refractivity contribution in [2.75, 3.05) is 0 Å². The molecule has 0 aliphatic rings. The van der Waals surface area contributed by atoms with Crippen LogP contribution in [0.25, 0.3) is 0 Å². The fraction of sp³-hybridized carbons (Fsp3) is 0. The van der Waals surface area contributed by atoms with Gasteiger partial charge in [0.1, 0.15) is 0 Å². The van der Waals surface area contributed by atoms with Crippen LogP contribution in [0.15, 0.2) is 0 Å². The maximum atomic E-state index is 8.34. The monoisotopic (exact) mass is 531 g/mol. The molecule has 0 N–H and O–H groups in total. The molecule has 0 aliphatic carbocycles. The van der Waals surface area contributed by atoms with Crippen molar-refractivity contribution in [3.63, 3.8) is 0 Å². The van der Waals surface area contributed by atoms with Gasteiger partial charge in [-0.15, -0.1) is 0 Å². The Bertz CT molecular complexity index is 11.6. The Morgan fingerprint density at radius 1 is 1.20 bits per heavy atom. The normalized spacial score (nSPS) is 0.600. The Morgan fingerprint density at radius 3 is 1.20 bits per heavy atom. The zero-order chi connectivity index (χ0) is 2.00. The molecule has 0 amide bonds. The van der Waals surface area contributed by atoms with Gasteiger partial charge in [-0.1, -0.05) is 0 Å². The van der Waals surface area contributed by atoms with E-state index >= 15 is 0 Å². The summed E-state index contributed by atoms with van der Waals surface area (Å²) in [7, 11) is 0. The number of rotatable bonds is 0. The predicted molar refractivity (Wildman–Crippen MR) is 12.0 cm³/mol. The molecule has 0 atom stereocenters. The maximum absolute atomic E-state index is 8.34. The van der Waals surface area contributed by atoms with Crippen LogP contribution in [-0.2, 0) is 69.0 Å². The van der Waals surface area contributed by atoms with Crippen LogP contribution in [0.4, 0.5) is 0 Å². The minimum absolute atomic E-state index is 0. The van der Waals surface area contributed by atoms with Gasteiger partial charge in [-0.25, -0.2) is 0 Å². The van der Waals surface area contributed by atoms with Crippen LogP contribution in [0.2, 0.25) is 0 Å². The van der Waals surface area contributed by atoms with Crippen molar-refractivity contribution >= 4 is 23.9 Å². The molecule has 1 nitrogen and oxygen atoms in total. The van der Waals surface area contributed by atoms with Gasteiger partial charge in [-0.2, -0.15) is 0 Å². The van der Waals surface area contributed by atoms with Crippen molar-refractivity contribution < 1.29 is 69.0 Å². The number of hydrogen-bond donors (Lipinski definition) is 0. The van der Waals surface area contributed by atoms with Crippen LogP contribution in [0.1, 0.15) is 0 Å². The molecular weight excluding hydrogens is 527 g/mol. The topological polar surface area (TPSA) is 17.1 Å². The van der Waals surface area contributed by atoms with E-state index in [2.05, 4.69) is 0 Å². The van der Waals surface area contributed by atoms with Crippen molar-refractivity contribution in [2.45, 2.75) is 0 Å². The summed E-state index contributed by atoms with van der Waals surface area (Å²) in [5.41, 5.74) is 0. The van der Waals surface area contributed by atoms with Crippen LogP contribution >= 0.6 is 0 Å². The summed E-state index contributed by atoms with van der Waals surface area (Å²) in [4.78, 5) is 0. The summed E-state index contributed by atoms with van der Waals surface area (Å²) in [6, 6.07) is 0. The molecule has 0 unspecified atom stereocenters. The second kappa shape index (κ2) is 29.0.